The molecule has 5 heteroatoms. The molecule has 0 spiro atoms. The van der Waals surface area contributed by atoms with Gasteiger partial charge in [-0.15, -0.1) is 0 Å². The van der Waals surface area contributed by atoms with Crippen LogP contribution in [-0.2, 0) is 4.79 Å². The van der Waals surface area contributed by atoms with Gasteiger partial charge < -0.3 is 15.9 Å². The van der Waals surface area contributed by atoms with Crippen molar-refractivity contribution in [2.24, 2.45) is 5.73 Å². The maximum absolute atomic E-state index is 10.4. The van der Waals surface area contributed by atoms with E-state index in [1.54, 1.807) is 0 Å². The molecule has 4 N–H and O–H groups in total. The van der Waals surface area contributed by atoms with Gasteiger partial charge in [-0.3, -0.25) is 4.79 Å². The molecule has 0 aliphatic rings. The molecule has 0 saturated heterocycles. The Kier molecular flexibility index (Phi) is 6.15. The largest absolute Gasteiger partial charge is 0.480 e. The lowest BCUT2D eigenvalue weighted by atomic mass is 10.0. The summed E-state index contributed by atoms with van der Waals surface area (Å²) < 4.78 is 0. The van der Waals surface area contributed by atoms with Crippen LogP contribution in [0, 0.1) is 0 Å². The number of carbonyl (C=O) groups is 1. The molecule has 0 radical (unpaired) electrons. The van der Waals surface area contributed by atoms with E-state index in [4.69, 9.17) is 10.8 Å². The topological polar surface area (TPSA) is 83.5 Å². The maximum atomic E-state index is 10.4. The van der Waals surface area contributed by atoms with Crippen LogP contribution in [0.3, 0.4) is 0 Å². The highest BCUT2D eigenvalue weighted by Gasteiger charge is 2.22. The summed E-state index contributed by atoms with van der Waals surface area (Å²) in [6, 6.07) is -0.835. The zero-order valence-corrected chi connectivity index (χ0v) is 9.51. The summed E-state index contributed by atoms with van der Waals surface area (Å²) in [6.45, 7) is 3.84. The Hall–Kier alpha value is -0.260. The molecule has 0 aromatic rings. The third-order valence-corrected chi connectivity index (χ3v) is 3.64. The molecule has 0 saturated carbocycles. The number of rotatable bonds is 7. The van der Waals surface area contributed by atoms with Gasteiger partial charge in [-0.2, -0.15) is 11.8 Å². The average Bonchev–Trinajstić information content (AvgIpc) is 2.17. The van der Waals surface area contributed by atoms with Crippen LogP contribution < -0.4 is 5.73 Å². The first-order valence-electron chi connectivity index (χ1n) is 4.73. The summed E-state index contributed by atoms with van der Waals surface area (Å²) in [4.78, 5) is 10.4. The van der Waals surface area contributed by atoms with E-state index in [1.807, 2.05) is 13.8 Å². The highest BCUT2D eigenvalue weighted by atomic mass is 32.2. The predicted molar refractivity (Wildman–Crippen MR) is 58.5 cm³/mol. The molecule has 0 heterocycles. The minimum atomic E-state index is -0.992. The van der Waals surface area contributed by atoms with Gasteiger partial charge in [0.2, 0.25) is 0 Å². The molecule has 0 aliphatic carbocycles. The fraction of sp³-hybridized carbons (Fsp3) is 0.889. The van der Waals surface area contributed by atoms with Crippen LogP contribution in [0.1, 0.15) is 26.7 Å². The van der Waals surface area contributed by atoms with Gasteiger partial charge in [-0.25, -0.2) is 0 Å². The van der Waals surface area contributed by atoms with Gasteiger partial charge in [-0.05, 0) is 12.8 Å². The van der Waals surface area contributed by atoms with Gasteiger partial charge >= 0.3 is 5.97 Å². The van der Waals surface area contributed by atoms with Crippen molar-refractivity contribution in [3.05, 3.63) is 0 Å². The van der Waals surface area contributed by atoms with E-state index in [0.29, 0.717) is 24.3 Å². The fourth-order valence-electron chi connectivity index (χ4n) is 0.901. The molecule has 0 aliphatic heterocycles. The molecule has 84 valence electrons. The number of aliphatic carboxylic acids is 1. The summed E-state index contributed by atoms with van der Waals surface area (Å²) in [5, 5.41) is 18.4. The van der Waals surface area contributed by atoms with Crippen LogP contribution >= 0.6 is 11.8 Å². The third-order valence-electron chi connectivity index (χ3n) is 2.30. The first-order chi connectivity index (χ1) is 6.45. The van der Waals surface area contributed by atoms with Crippen molar-refractivity contribution in [1.29, 1.82) is 0 Å². The molecule has 0 amide bonds. The Morgan fingerprint density at radius 1 is 1.50 bits per heavy atom. The molecule has 14 heavy (non-hydrogen) atoms. The Labute approximate surface area is 88.9 Å². The molecule has 0 aromatic heterocycles. The molecule has 0 fully saturated rings. The molecule has 0 bridgehead atoms. The Morgan fingerprint density at radius 2 is 2.00 bits per heavy atom. The van der Waals surface area contributed by atoms with Crippen LogP contribution in [0.2, 0.25) is 0 Å². The minimum absolute atomic E-state index is 0.345. The number of hydrogen-bond donors (Lipinski definition) is 3. The molecule has 1 unspecified atom stereocenters. The lowest BCUT2D eigenvalue weighted by Crippen LogP contribution is -2.35. The lowest BCUT2D eigenvalue weighted by Gasteiger charge is -2.24. The van der Waals surface area contributed by atoms with Crippen LogP contribution in [0.5, 0.6) is 0 Å². The standard InChI is InChI=1S/C9H19NO3S/c1-3-9(13,4-2)6-14-5-7(10)8(11)12/h7,13H,3-6,10H2,1-2H3,(H,11,12). The first-order valence-corrected chi connectivity index (χ1v) is 5.89. The quantitative estimate of drug-likeness (QED) is 0.589. The zero-order chi connectivity index (χ0) is 11.2. The van der Waals surface area contributed by atoms with Crippen LogP contribution in [0.15, 0.2) is 0 Å². The maximum Gasteiger partial charge on any atom is 0.321 e. The number of nitrogens with two attached hydrogens (primary N) is 1. The molecule has 0 rings (SSSR count). The molecule has 1 atom stereocenters. The summed E-state index contributed by atoms with van der Waals surface area (Å²) in [5.74, 6) is -0.104. The Morgan fingerprint density at radius 3 is 2.36 bits per heavy atom. The van der Waals surface area contributed by atoms with Crippen molar-refractivity contribution < 1.29 is 15.0 Å². The van der Waals surface area contributed by atoms with Crippen LogP contribution in [0.4, 0.5) is 0 Å². The molecule has 0 aromatic carbocycles. The highest BCUT2D eigenvalue weighted by molar-refractivity contribution is 7.99. The number of carboxylic acids is 1. The van der Waals surface area contributed by atoms with Gasteiger partial charge in [-0.1, -0.05) is 13.8 Å². The lowest BCUT2D eigenvalue weighted by molar-refractivity contribution is -0.137. The van der Waals surface area contributed by atoms with Crippen molar-refractivity contribution in [2.45, 2.75) is 38.3 Å². The number of carboxylic acid groups (broad SMARTS) is 1. The number of thioether (sulfide) groups is 1. The summed E-state index contributed by atoms with van der Waals surface area (Å²) in [6.07, 6.45) is 1.36. The van der Waals surface area contributed by atoms with Gasteiger partial charge in [0.1, 0.15) is 6.04 Å². The first kappa shape index (κ1) is 13.7. The molecule has 4 nitrogen and oxygen atoms in total. The SMILES string of the molecule is CCC(O)(CC)CSCC(N)C(=O)O. The van der Waals surface area contributed by atoms with Crippen LogP contribution in [-0.4, -0.2) is 39.3 Å². The third kappa shape index (κ3) is 4.83. The predicted octanol–water partition coefficient (Wildman–Crippen LogP) is 0.683. The van der Waals surface area contributed by atoms with Crippen molar-refractivity contribution in [3.8, 4) is 0 Å². The molecular weight excluding hydrogens is 202 g/mol. The second kappa shape index (κ2) is 6.27. The van der Waals surface area contributed by atoms with Crippen molar-refractivity contribution in [2.75, 3.05) is 11.5 Å². The minimum Gasteiger partial charge on any atom is -0.480 e. The number of hydrogen-bond acceptors (Lipinski definition) is 4. The van der Waals surface area contributed by atoms with Crippen molar-refractivity contribution in [1.82, 2.24) is 0 Å². The second-order valence-corrected chi connectivity index (χ2v) is 4.42. The van der Waals surface area contributed by atoms with E-state index in [-0.39, 0.29) is 0 Å². The normalized spacial score (nSPS) is 14.0. The Bertz CT molecular complexity index is 183. The van der Waals surface area contributed by atoms with E-state index >= 15 is 0 Å². The Balaban J connectivity index is 3.77. The highest BCUT2D eigenvalue weighted by Crippen LogP contribution is 2.20. The summed E-state index contributed by atoms with van der Waals surface area (Å²) in [5.41, 5.74) is 4.65. The van der Waals surface area contributed by atoms with E-state index in [0.717, 1.165) is 0 Å². The van der Waals surface area contributed by atoms with Gasteiger partial charge in [0.05, 0.1) is 5.60 Å². The zero-order valence-electron chi connectivity index (χ0n) is 8.69. The van der Waals surface area contributed by atoms with E-state index in [2.05, 4.69) is 0 Å². The second-order valence-electron chi connectivity index (χ2n) is 3.39. The van der Waals surface area contributed by atoms with Crippen molar-refractivity contribution >= 4 is 17.7 Å². The van der Waals surface area contributed by atoms with E-state index < -0.39 is 17.6 Å². The van der Waals surface area contributed by atoms with Crippen molar-refractivity contribution in [3.63, 3.8) is 0 Å². The van der Waals surface area contributed by atoms with Crippen LogP contribution in [0.25, 0.3) is 0 Å². The monoisotopic (exact) mass is 221 g/mol. The smallest absolute Gasteiger partial charge is 0.321 e. The fourth-order valence-corrected chi connectivity index (χ4v) is 2.20. The average molecular weight is 221 g/mol. The number of aliphatic hydroxyl groups is 1. The van der Waals surface area contributed by atoms with E-state index in [1.165, 1.54) is 11.8 Å². The summed E-state index contributed by atoms with van der Waals surface area (Å²) in [7, 11) is 0. The van der Waals surface area contributed by atoms with Gasteiger partial charge in [0.25, 0.3) is 0 Å². The summed E-state index contributed by atoms with van der Waals surface area (Å²) >= 11 is 1.39. The van der Waals surface area contributed by atoms with E-state index in [9.17, 15) is 9.90 Å². The van der Waals surface area contributed by atoms with Gasteiger partial charge in [0, 0.05) is 11.5 Å². The molecular formula is C9H19NO3S. The van der Waals surface area contributed by atoms with Gasteiger partial charge in [0.15, 0.2) is 0 Å².